The molecule has 3 rings (SSSR count). The van der Waals surface area contributed by atoms with Crippen molar-refractivity contribution in [2.75, 3.05) is 31.5 Å². The second kappa shape index (κ2) is 6.55. The monoisotopic (exact) mass is 289 g/mol. The Balaban J connectivity index is 1.50. The van der Waals surface area contributed by atoms with Gasteiger partial charge in [0.25, 0.3) is 0 Å². The van der Waals surface area contributed by atoms with Gasteiger partial charge in [-0.05, 0) is 44.0 Å². The fraction of sp³-hybridized carbons (Fsp3) is 0.562. The number of likely N-dealkylation sites (tertiary alicyclic amines) is 1. The molecule has 1 aromatic heterocycles. The first-order valence-electron chi connectivity index (χ1n) is 7.63. The number of para-hydroxylation sites is 1. The standard InChI is InChI=1S/C16H23N3S/c1-13(12-19-9-5-2-6-10-19)11-17-16-18-14-7-3-4-8-15(14)20-16/h3-4,7-8,13H,2,5-6,9-12H2,1H3,(H,17,18). The lowest BCUT2D eigenvalue weighted by Crippen LogP contribution is -2.35. The zero-order valence-electron chi connectivity index (χ0n) is 12.1. The fourth-order valence-electron chi connectivity index (χ4n) is 2.86. The molecule has 2 heterocycles. The van der Waals surface area contributed by atoms with Gasteiger partial charge in [-0.2, -0.15) is 0 Å². The molecule has 1 unspecified atom stereocenters. The topological polar surface area (TPSA) is 28.2 Å². The molecule has 20 heavy (non-hydrogen) atoms. The van der Waals surface area contributed by atoms with Gasteiger partial charge in [-0.3, -0.25) is 0 Å². The van der Waals surface area contributed by atoms with Crippen molar-refractivity contribution in [2.24, 2.45) is 5.92 Å². The Hall–Kier alpha value is -1.13. The van der Waals surface area contributed by atoms with E-state index in [1.165, 1.54) is 43.6 Å². The molecule has 0 bridgehead atoms. The van der Waals surface area contributed by atoms with E-state index in [1.54, 1.807) is 11.3 Å². The number of hydrogen-bond donors (Lipinski definition) is 1. The number of piperidine rings is 1. The molecule has 0 radical (unpaired) electrons. The molecule has 0 aliphatic carbocycles. The van der Waals surface area contributed by atoms with Gasteiger partial charge in [0.15, 0.2) is 5.13 Å². The normalized spacial score (nSPS) is 18.2. The van der Waals surface area contributed by atoms with Gasteiger partial charge in [-0.15, -0.1) is 0 Å². The zero-order chi connectivity index (χ0) is 13.8. The summed E-state index contributed by atoms with van der Waals surface area (Å²) in [5, 5.41) is 4.56. The van der Waals surface area contributed by atoms with E-state index in [0.717, 1.165) is 17.2 Å². The molecule has 1 N–H and O–H groups in total. The van der Waals surface area contributed by atoms with Crippen molar-refractivity contribution in [3.63, 3.8) is 0 Å². The third-order valence-electron chi connectivity index (χ3n) is 3.91. The molecule has 0 spiro atoms. The summed E-state index contributed by atoms with van der Waals surface area (Å²) in [6, 6.07) is 8.33. The number of fused-ring (bicyclic) bond motifs is 1. The van der Waals surface area contributed by atoms with Crippen LogP contribution in [0.2, 0.25) is 0 Å². The predicted octanol–water partition coefficient (Wildman–Crippen LogP) is 3.83. The molecule has 108 valence electrons. The van der Waals surface area contributed by atoms with E-state index >= 15 is 0 Å². The average molecular weight is 289 g/mol. The maximum atomic E-state index is 4.63. The maximum absolute atomic E-state index is 4.63. The molecular weight excluding hydrogens is 266 g/mol. The van der Waals surface area contributed by atoms with Gasteiger partial charge >= 0.3 is 0 Å². The molecular formula is C16H23N3S. The SMILES string of the molecule is CC(CNc1nc2ccccc2s1)CN1CCCCC1. The van der Waals surface area contributed by atoms with Gasteiger partial charge < -0.3 is 10.2 Å². The third-order valence-corrected chi connectivity index (χ3v) is 4.91. The van der Waals surface area contributed by atoms with Crippen LogP contribution in [-0.2, 0) is 0 Å². The summed E-state index contributed by atoms with van der Waals surface area (Å²) in [6.45, 7) is 7.11. The summed E-state index contributed by atoms with van der Waals surface area (Å²) in [5.74, 6) is 0.667. The van der Waals surface area contributed by atoms with Crippen molar-refractivity contribution in [3.05, 3.63) is 24.3 Å². The number of nitrogens with zero attached hydrogens (tertiary/aromatic N) is 2. The van der Waals surface area contributed by atoms with Crippen molar-refractivity contribution in [3.8, 4) is 0 Å². The van der Waals surface area contributed by atoms with Crippen LogP contribution in [0.25, 0.3) is 10.2 Å². The quantitative estimate of drug-likeness (QED) is 0.906. The van der Waals surface area contributed by atoms with Gasteiger partial charge in [-0.1, -0.05) is 36.8 Å². The predicted molar refractivity (Wildman–Crippen MR) is 87.6 cm³/mol. The summed E-state index contributed by atoms with van der Waals surface area (Å²) in [7, 11) is 0. The Bertz CT molecular complexity index is 512. The van der Waals surface area contributed by atoms with Crippen LogP contribution in [-0.4, -0.2) is 36.1 Å². The van der Waals surface area contributed by atoms with Crippen LogP contribution < -0.4 is 5.32 Å². The van der Waals surface area contributed by atoms with Crippen LogP contribution in [0.3, 0.4) is 0 Å². The van der Waals surface area contributed by atoms with Gasteiger partial charge in [-0.25, -0.2) is 4.98 Å². The minimum absolute atomic E-state index is 0.667. The van der Waals surface area contributed by atoms with E-state index in [0.29, 0.717) is 5.92 Å². The summed E-state index contributed by atoms with van der Waals surface area (Å²) in [5.41, 5.74) is 1.10. The van der Waals surface area contributed by atoms with E-state index < -0.39 is 0 Å². The average Bonchev–Trinajstić information content (AvgIpc) is 2.89. The van der Waals surface area contributed by atoms with Crippen molar-refractivity contribution in [2.45, 2.75) is 26.2 Å². The van der Waals surface area contributed by atoms with E-state index in [1.807, 2.05) is 6.07 Å². The van der Waals surface area contributed by atoms with Crippen molar-refractivity contribution >= 4 is 26.7 Å². The van der Waals surface area contributed by atoms with Crippen LogP contribution in [0.1, 0.15) is 26.2 Å². The van der Waals surface area contributed by atoms with Crippen molar-refractivity contribution in [1.82, 2.24) is 9.88 Å². The Morgan fingerprint density at radius 3 is 2.85 bits per heavy atom. The highest BCUT2D eigenvalue weighted by molar-refractivity contribution is 7.22. The molecule has 1 aliphatic heterocycles. The second-order valence-electron chi connectivity index (χ2n) is 5.83. The highest BCUT2D eigenvalue weighted by atomic mass is 32.1. The second-order valence-corrected chi connectivity index (χ2v) is 6.86. The molecule has 1 aliphatic rings. The first-order chi connectivity index (χ1) is 9.81. The molecule has 1 atom stereocenters. The summed E-state index contributed by atoms with van der Waals surface area (Å²) in [6.07, 6.45) is 4.16. The lowest BCUT2D eigenvalue weighted by molar-refractivity contribution is 0.204. The van der Waals surface area contributed by atoms with Crippen molar-refractivity contribution < 1.29 is 0 Å². The van der Waals surface area contributed by atoms with Gasteiger partial charge in [0.2, 0.25) is 0 Å². The van der Waals surface area contributed by atoms with Crippen LogP contribution in [0.15, 0.2) is 24.3 Å². The number of thiazole rings is 1. The van der Waals surface area contributed by atoms with E-state index in [9.17, 15) is 0 Å². The van der Waals surface area contributed by atoms with Crippen molar-refractivity contribution in [1.29, 1.82) is 0 Å². The molecule has 3 nitrogen and oxygen atoms in total. The Kier molecular flexibility index (Phi) is 4.53. The fourth-order valence-corrected chi connectivity index (χ4v) is 3.73. The van der Waals surface area contributed by atoms with Gasteiger partial charge in [0.05, 0.1) is 10.2 Å². The summed E-state index contributed by atoms with van der Waals surface area (Å²) >= 11 is 1.75. The van der Waals surface area contributed by atoms with Gasteiger partial charge in [0, 0.05) is 13.1 Å². The van der Waals surface area contributed by atoms with Crippen LogP contribution in [0, 0.1) is 5.92 Å². The summed E-state index contributed by atoms with van der Waals surface area (Å²) < 4.78 is 1.26. The molecule has 0 amide bonds. The number of aromatic nitrogens is 1. The molecule has 1 aromatic carbocycles. The zero-order valence-corrected chi connectivity index (χ0v) is 13.0. The number of anilines is 1. The molecule has 1 fully saturated rings. The largest absolute Gasteiger partial charge is 0.361 e. The van der Waals surface area contributed by atoms with Gasteiger partial charge in [0.1, 0.15) is 0 Å². The highest BCUT2D eigenvalue weighted by Crippen LogP contribution is 2.25. The highest BCUT2D eigenvalue weighted by Gasteiger charge is 2.13. The third kappa shape index (κ3) is 3.49. The molecule has 2 aromatic rings. The lowest BCUT2D eigenvalue weighted by atomic mass is 10.1. The molecule has 4 heteroatoms. The Morgan fingerprint density at radius 1 is 1.25 bits per heavy atom. The number of hydrogen-bond acceptors (Lipinski definition) is 4. The maximum Gasteiger partial charge on any atom is 0.183 e. The minimum Gasteiger partial charge on any atom is -0.361 e. The number of nitrogens with one attached hydrogen (secondary N) is 1. The first kappa shape index (κ1) is 13.8. The first-order valence-corrected chi connectivity index (χ1v) is 8.45. The van der Waals surface area contributed by atoms with Crippen LogP contribution in [0.5, 0.6) is 0 Å². The Labute approximate surface area is 125 Å². The van der Waals surface area contributed by atoms with E-state index in [-0.39, 0.29) is 0 Å². The number of rotatable bonds is 5. The molecule has 1 saturated heterocycles. The van der Waals surface area contributed by atoms with Crippen LogP contribution >= 0.6 is 11.3 Å². The minimum atomic E-state index is 0.667. The smallest absolute Gasteiger partial charge is 0.183 e. The number of benzene rings is 1. The Morgan fingerprint density at radius 2 is 2.05 bits per heavy atom. The molecule has 0 saturated carbocycles. The summed E-state index contributed by atoms with van der Waals surface area (Å²) in [4.78, 5) is 7.23. The lowest BCUT2D eigenvalue weighted by Gasteiger charge is -2.29. The van der Waals surface area contributed by atoms with E-state index in [2.05, 4.69) is 40.3 Å². The van der Waals surface area contributed by atoms with Crippen LogP contribution in [0.4, 0.5) is 5.13 Å². The van der Waals surface area contributed by atoms with E-state index in [4.69, 9.17) is 0 Å².